The molecule has 0 radical (unpaired) electrons. The number of hydrogen-bond acceptors (Lipinski definition) is 5. The predicted molar refractivity (Wildman–Crippen MR) is 114 cm³/mol. The fourth-order valence-electron chi connectivity index (χ4n) is 2.89. The first kappa shape index (κ1) is 23.7. The molecule has 0 unspecified atom stereocenters. The SMILES string of the molecule is Cl.Cl.O=C(COc1ccc(Cl)c2cccnc12)NCCCN1CCNCC1. The van der Waals surface area contributed by atoms with Crippen molar-refractivity contribution in [2.45, 2.75) is 6.42 Å². The smallest absolute Gasteiger partial charge is 0.257 e. The molecule has 0 aliphatic carbocycles. The quantitative estimate of drug-likeness (QED) is 0.654. The molecule has 0 saturated carbocycles. The number of rotatable bonds is 7. The van der Waals surface area contributed by atoms with Gasteiger partial charge in [-0.05, 0) is 37.2 Å². The Balaban J connectivity index is 0.00000182. The Morgan fingerprint density at radius 3 is 2.81 bits per heavy atom. The van der Waals surface area contributed by atoms with Crippen LogP contribution in [0.1, 0.15) is 6.42 Å². The molecule has 0 spiro atoms. The highest BCUT2D eigenvalue weighted by molar-refractivity contribution is 6.35. The molecule has 2 heterocycles. The maximum atomic E-state index is 12.0. The molecule has 3 rings (SSSR count). The van der Waals surface area contributed by atoms with Crippen molar-refractivity contribution in [3.8, 4) is 5.75 Å². The van der Waals surface area contributed by atoms with Gasteiger partial charge in [-0.2, -0.15) is 0 Å². The van der Waals surface area contributed by atoms with Crippen LogP contribution in [0.4, 0.5) is 0 Å². The van der Waals surface area contributed by atoms with E-state index >= 15 is 0 Å². The van der Waals surface area contributed by atoms with Crippen molar-refractivity contribution in [1.82, 2.24) is 20.5 Å². The molecular weight excluding hydrogens is 411 g/mol. The number of fused-ring (bicyclic) bond motifs is 1. The zero-order chi connectivity index (χ0) is 17.5. The average molecular weight is 436 g/mol. The number of piperazine rings is 1. The molecule has 6 nitrogen and oxygen atoms in total. The lowest BCUT2D eigenvalue weighted by Crippen LogP contribution is -2.44. The fourth-order valence-corrected chi connectivity index (χ4v) is 3.10. The van der Waals surface area contributed by atoms with E-state index in [0.29, 0.717) is 22.8 Å². The van der Waals surface area contributed by atoms with Crippen LogP contribution in [0, 0.1) is 0 Å². The van der Waals surface area contributed by atoms with Gasteiger partial charge in [-0.15, -0.1) is 24.8 Å². The first-order valence-corrected chi connectivity index (χ1v) is 8.97. The highest BCUT2D eigenvalue weighted by Gasteiger charge is 2.10. The molecular formula is C18H25Cl3N4O2. The molecule has 0 bridgehead atoms. The number of ether oxygens (including phenoxy) is 1. The Labute approximate surface area is 176 Å². The van der Waals surface area contributed by atoms with Gasteiger partial charge in [0.15, 0.2) is 6.61 Å². The van der Waals surface area contributed by atoms with Gasteiger partial charge in [0.25, 0.3) is 5.91 Å². The largest absolute Gasteiger partial charge is 0.481 e. The molecule has 1 saturated heterocycles. The third-order valence-electron chi connectivity index (χ3n) is 4.22. The summed E-state index contributed by atoms with van der Waals surface area (Å²) in [4.78, 5) is 18.7. The van der Waals surface area contributed by atoms with Crippen molar-refractivity contribution in [1.29, 1.82) is 0 Å². The van der Waals surface area contributed by atoms with Gasteiger partial charge in [0.2, 0.25) is 0 Å². The van der Waals surface area contributed by atoms with Crippen LogP contribution >= 0.6 is 36.4 Å². The highest BCUT2D eigenvalue weighted by Crippen LogP contribution is 2.29. The van der Waals surface area contributed by atoms with E-state index in [-0.39, 0.29) is 37.3 Å². The second kappa shape index (κ2) is 12.2. The van der Waals surface area contributed by atoms with Crippen molar-refractivity contribution < 1.29 is 9.53 Å². The van der Waals surface area contributed by atoms with Gasteiger partial charge >= 0.3 is 0 Å². The van der Waals surface area contributed by atoms with Gasteiger partial charge in [0.05, 0.1) is 5.02 Å². The number of carbonyl (C=O) groups is 1. The molecule has 1 amide bonds. The third-order valence-corrected chi connectivity index (χ3v) is 4.55. The Kier molecular flexibility index (Phi) is 10.7. The molecule has 1 aromatic carbocycles. The summed E-state index contributed by atoms with van der Waals surface area (Å²) >= 11 is 6.16. The molecule has 0 atom stereocenters. The number of amides is 1. The number of pyridine rings is 1. The molecule has 1 aliphatic rings. The second-order valence-electron chi connectivity index (χ2n) is 6.03. The van der Waals surface area contributed by atoms with Gasteiger partial charge in [0, 0.05) is 44.3 Å². The van der Waals surface area contributed by atoms with E-state index in [2.05, 4.69) is 20.5 Å². The van der Waals surface area contributed by atoms with Crippen LogP contribution in [-0.2, 0) is 4.79 Å². The first-order chi connectivity index (χ1) is 12.2. The Morgan fingerprint density at radius 2 is 2.04 bits per heavy atom. The van der Waals surface area contributed by atoms with Gasteiger partial charge in [-0.3, -0.25) is 9.78 Å². The van der Waals surface area contributed by atoms with E-state index in [1.807, 2.05) is 12.1 Å². The topological polar surface area (TPSA) is 66.5 Å². The highest BCUT2D eigenvalue weighted by atomic mass is 35.5. The van der Waals surface area contributed by atoms with Gasteiger partial charge in [0.1, 0.15) is 11.3 Å². The monoisotopic (exact) mass is 434 g/mol. The minimum absolute atomic E-state index is 0. The van der Waals surface area contributed by atoms with Crippen molar-refractivity contribution in [2.75, 3.05) is 45.9 Å². The number of aromatic nitrogens is 1. The van der Waals surface area contributed by atoms with Gasteiger partial charge in [-0.25, -0.2) is 0 Å². The average Bonchev–Trinajstić information content (AvgIpc) is 2.66. The van der Waals surface area contributed by atoms with E-state index in [1.165, 1.54) is 0 Å². The lowest BCUT2D eigenvalue weighted by atomic mass is 10.2. The van der Waals surface area contributed by atoms with Crippen molar-refractivity contribution >= 4 is 53.2 Å². The summed E-state index contributed by atoms with van der Waals surface area (Å²) in [7, 11) is 0. The minimum Gasteiger partial charge on any atom is -0.481 e. The summed E-state index contributed by atoms with van der Waals surface area (Å²) < 4.78 is 5.63. The lowest BCUT2D eigenvalue weighted by molar-refractivity contribution is -0.123. The summed E-state index contributed by atoms with van der Waals surface area (Å²) in [5, 5.41) is 7.67. The van der Waals surface area contributed by atoms with Crippen LogP contribution in [0.3, 0.4) is 0 Å². The van der Waals surface area contributed by atoms with E-state index in [9.17, 15) is 4.79 Å². The molecule has 27 heavy (non-hydrogen) atoms. The Morgan fingerprint density at radius 1 is 1.26 bits per heavy atom. The number of halogens is 3. The van der Waals surface area contributed by atoms with Crippen LogP contribution in [-0.4, -0.2) is 61.7 Å². The van der Waals surface area contributed by atoms with E-state index < -0.39 is 0 Å². The molecule has 9 heteroatoms. The van der Waals surface area contributed by atoms with E-state index in [0.717, 1.165) is 44.5 Å². The number of nitrogens with one attached hydrogen (secondary N) is 2. The van der Waals surface area contributed by atoms with Crippen LogP contribution in [0.2, 0.25) is 5.02 Å². The normalized spacial score (nSPS) is 14.1. The number of carbonyl (C=O) groups excluding carboxylic acids is 1. The van der Waals surface area contributed by atoms with Crippen LogP contribution in [0.25, 0.3) is 10.9 Å². The minimum atomic E-state index is -0.126. The molecule has 150 valence electrons. The molecule has 1 aliphatic heterocycles. The van der Waals surface area contributed by atoms with E-state index in [4.69, 9.17) is 16.3 Å². The number of nitrogens with zero attached hydrogens (tertiary/aromatic N) is 2. The lowest BCUT2D eigenvalue weighted by Gasteiger charge is -2.27. The molecule has 1 fully saturated rings. The maximum Gasteiger partial charge on any atom is 0.257 e. The van der Waals surface area contributed by atoms with Crippen LogP contribution in [0.15, 0.2) is 30.5 Å². The number of hydrogen-bond donors (Lipinski definition) is 2. The number of benzene rings is 1. The van der Waals surface area contributed by atoms with Crippen molar-refractivity contribution in [3.63, 3.8) is 0 Å². The maximum absolute atomic E-state index is 12.0. The van der Waals surface area contributed by atoms with Crippen molar-refractivity contribution in [3.05, 3.63) is 35.5 Å². The molecule has 2 aromatic rings. The summed E-state index contributed by atoms with van der Waals surface area (Å²) in [6.45, 7) is 5.88. The van der Waals surface area contributed by atoms with Crippen molar-refractivity contribution in [2.24, 2.45) is 0 Å². The van der Waals surface area contributed by atoms with Crippen LogP contribution in [0.5, 0.6) is 5.75 Å². The van der Waals surface area contributed by atoms with E-state index in [1.54, 1.807) is 18.3 Å². The summed E-state index contributed by atoms with van der Waals surface area (Å²) in [5.41, 5.74) is 0.668. The van der Waals surface area contributed by atoms with Crippen LogP contribution < -0.4 is 15.4 Å². The Hall–Kier alpha value is -1.31. The zero-order valence-electron chi connectivity index (χ0n) is 14.9. The molecule has 2 N–H and O–H groups in total. The summed E-state index contributed by atoms with van der Waals surface area (Å²) in [6, 6.07) is 7.21. The Bertz CT molecular complexity index is 727. The summed E-state index contributed by atoms with van der Waals surface area (Å²) in [6.07, 6.45) is 2.62. The third kappa shape index (κ3) is 6.97. The molecule has 1 aromatic heterocycles. The zero-order valence-corrected chi connectivity index (χ0v) is 17.3. The fraction of sp³-hybridized carbons (Fsp3) is 0.444. The van der Waals surface area contributed by atoms with Gasteiger partial charge < -0.3 is 20.3 Å². The summed E-state index contributed by atoms with van der Waals surface area (Å²) in [5.74, 6) is 0.440. The predicted octanol–water partition coefficient (Wildman–Crippen LogP) is 2.52. The first-order valence-electron chi connectivity index (χ1n) is 8.60. The van der Waals surface area contributed by atoms with Gasteiger partial charge in [-0.1, -0.05) is 11.6 Å². The standard InChI is InChI=1S/C18H23ClN4O2.2ClH/c19-15-4-5-16(18-14(15)3-1-6-22-18)25-13-17(24)21-7-2-10-23-11-8-20-9-12-23;;/h1,3-6,20H,2,7-13H2,(H,21,24);2*1H. The second-order valence-corrected chi connectivity index (χ2v) is 6.44.